The quantitative estimate of drug-likeness (QED) is 0.350. The molecule has 1 N–H and O–H groups in total. The minimum absolute atomic E-state index is 0.0178. The number of hydrogen-bond donors (Lipinski definition) is 1. The van der Waals surface area contributed by atoms with Crippen molar-refractivity contribution in [2.75, 3.05) is 38.0 Å². The third-order valence-electron chi connectivity index (χ3n) is 10.4. The van der Waals surface area contributed by atoms with Gasteiger partial charge in [-0.15, -0.1) is 0 Å². The summed E-state index contributed by atoms with van der Waals surface area (Å²) < 4.78 is 41.7. The first-order valence-corrected chi connectivity index (χ1v) is 17.7. The Kier molecular flexibility index (Phi) is 8.72. The molecule has 10 heteroatoms. The molecule has 4 aliphatic rings. The Balaban J connectivity index is 1.28. The summed E-state index contributed by atoms with van der Waals surface area (Å²) in [6.07, 6.45) is 9.31. The summed E-state index contributed by atoms with van der Waals surface area (Å²) in [7, 11) is -1.74. The highest BCUT2D eigenvalue weighted by atomic mass is 35.5. The van der Waals surface area contributed by atoms with Crippen molar-refractivity contribution in [3.05, 3.63) is 58.1 Å². The topological polar surface area (TPSA) is 102 Å². The first-order chi connectivity index (χ1) is 20.5. The van der Waals surface area contributed by atoms with Gasteiger partial charge in [-0.05, 0) is 111 Å². The summed E-state index contributed by atoms with van der Waals surface area (Å²) >= 11 is 6.40. The Morgan fingerprint density at radius 1 is 1.16 bits per heavy atom. The first kappa shape index (κ1) is 30.7. The van der Waals surface area contributed by atoms with Crippen molar-refractivity contribution in [1.29, 1.82) is 0 Å². The molecular formula is C33H42ClNO7S. The molecule has 8 nitrogen and oxygen atoms in total. The molecule has 1 aliphatic heterocycles. The maximum absolute atomic E-state index is 12.0. The number of halogens is 1. The van der Waals surface area contributed by atoms with Crippen LogP contribution < -0.4 is 9.64 Å². The number of ether oxygens (including phenoxy) is 2. The zero-order chi connectivity index (χ0) is 30.4. The van der Waals surface area contributed by atoms with Crippen molar-refractivity contribution in [3.63, 3.8) is 0 Å². The fraction of sp³-hybridized carbons (Fsp3) is 0.606. The van der Waals surface area contributed by atoms with E-state index in [1.165, 1.54) is 11.1 Å². The fourth-order valence-corrected chi connectivity index (χ4v) is 9.18. The van der Waals surface area contributed by atoms with Gasteiger partial charge < -0.3 is 19.5 Å². The van der Waals surface area contributed by atoms with Crippen LogP contribution in [0.3, 0.4) is 0 Å². The molecule has 1 heterocycles. The largest absolute Gasteiger partial charge is 0.490 e. The monoisotopic (exact) mass is 631 g/mol. The van der Waals surface area contributed by atoms with Crippen LogP contribution in [0.1, 0.15) is 72.9 Å². The Hall–Kier alpha value is -2.33. The smallest absolute Gasteiger partial charge is 0.335 e. The van der Waals surface area contributed by atoms with Gasteiger partial charge >= 0.3 is 5.97 Å². The SMILES string of the molecule is CO[C@@H]([C@@H]1CCC[C@@H](OS(C)(=O)=O)C1)[C@@H]1CC[C@H]1CN1CC2(CCCc3cc(Cl)ccc32)COc2ccc(C(=O)O)cc21. The van der Waals surface area contributed by atoms with E-state index in [0.29, 0.717) is 24.9 Å². The molecule has 0 saturated heterocycles. The number of carbonyl (C=O) groups is 1. The molecule has 2 aromatic carbocycles. The number of anilines is 1. The van der Waals surface area contributed by atoms with Crippen LogP contribution in [0.5, 0.6) is 5.75 Å². The highest BCUT2D eigenvalue weighted by Gasteiger charge is 2.46. The Morgan fingerprint density at radius 2 is 2.00 bits per heavy atom. The summed E-state index contributed by atoms with van der Waals surface area (Å²) in [5, 5.41) is 10.6. The van der Waals surface area contributed by atoms with Gasteiger partial charge in [0.25, 0.3) is 10.1 Å². The summed E-state index contributed by atoms with van der Waals surface area (Å²) in [6, 6.07) is 11.4. The second-order valence-electron chi connectivity index (χ2n) is 13.1. The maximum Gasteiger partial charge on any atom is 0.335 e. The van der Waals surface area contributed by atoms with Crippen LogP contribution in [0.2, 0.25) is 5.02 Å². The number of carboxylic acid groups (broad SMARTS) is 1. The van der Waals surface area contributed by atoms with Gasteiger partial charge in [-0.1, -0.05) is 24.1 Å². The molecule has 6 atom stereocenters. The Labute approximate surface area is 259 Å². The summed E-state index contributed by atoms with van der Waals surface area (Å²) in [5.41, 5.74) is 3.39. The molecule has 0 radical (unpaired) electrons. The summed E-state index contributed by atoms with van der Waals surface area (Å²) in [5.74, 6) is 0.679. The molecule has 6 rings (SSSR count). The number of rotatable bonds is 8. The average Bonchev–Trinajstić information content (AvgIpc) is 3.10. The van der Waals surface area contributed by atoms with Crippen molar-refractivity contribution >= 4 is 33.4 Å². The number of methoxy groups -OCH3 is 1. The minimum Gasteiger partial charge on any atom is -0.490 e. The van der Waals surface area contributed by atoms with Crippen molar-refractivity contribution < 1.29 is 32.0 Å². The molecule has 0 amide bonds. The molecule has 43 heavy (non-hydrogen) atoms. The fourth-order valence-electron chi connectivity index (χ4n) is 8.32. The van der Waals surface area contributed by atoms with Crippen LogP contribution in [0, 0.1) is 17.8 Å². The van der Waals surface area contributed by atoms with Gasteiger partial charge in [0.2, 0.25) is 0 Å². The minimum atomic E-state index is -3.51. The van der Waals surface area contributed by atoms with E-state index in [4.69, 9.17) is 25.3 Å². The maximum atomic E-state index is 12.0. The highest BCUT2D eigenvalue weighted by molar-refractivity contribution is 7.86. The third kappa shape index (κ3) is 6.42. The molecule has 1 spiro atoms. The molecule has 3 aliphatic carbocycles. The van der Waals surface area contributed by atoms with Gasteiger partial charge in [0.1, 0.15) is 5.75 Å². The van der Waals surface area contributed by atoms with Crippen molar-refractivity contribution in [2.24, 2.45) is 17.8 Å². The lowest BCUT2D eigenvalue weighted by Crippen LogP contribution is -2.51. The number of aromatic carboxylic acids is 1. The van der Waals surface area contributed by atoms with E-state index in [2.05, 4.69) is 17.0 Å². The number of nitrogens with zero attached hydrogens (tertiary/aromatic N) is 1. The number of fused-ring (bicyclic) bond motifs is 3. The van der Waals surface area contributed by atoms with Crippen LogP contribution in [0.25, 0.3) is 0 Å². The van der Waals surface area contributed by atoms with Crippen LogP contribution in [-0.4, -0.2) is 64.8 Å². The van der Waals surface area contributed by atoms with Gasteiger partial charge in [-0.2, -0.15) is 8.42 Å². The van der Waals surface area contributed by atoms with Gasteiger partial charge in [0, 0.05) is 30.6 Å². The standard InChI is InChI=1S/C33H42ClNO7S/c1-40-31(22-5-3-7-26(16-22)42-43(2,38)39)27-11-8-24(27)18-35-19-33(14-4-6-21-15-25(34)10-12-28(21)33)20-41-30-13-9-23(32(36)37)17-29(30)35/h9-10,12-13,15,17,22,24,26-27,31H,3-8,11,14,16,18-20H2,1-2H3,(H,36,37)/t22-,24+,26-,27-,31+,33?/m1/s1. The van der Waals surface area contributed by atoms with E-state index < -0.39 is 16.1 Å². The van der Waals surface area contributed by atoms with E-state index in [-0.39, 0.29) is 29.1 Å². The lowest BCUT2D eigenvalue weighted by atomic mass is 9.65. The lowest BCUT2D eigenvalue weighted by Gasteiger charge is -2.48. The molecular weight excluding hydrogens is 590 g/mol. The van der Waals surface area contributed by atoms with Crippen molar-refractivity contribution in [1.82, 2.24) is 0 Å². The number of aryl methyl sites for hydroxylation is 1. The molecule has 0 bridgehead atoms. The van der Waals surface area contributed by atoms with Crippen LogP contribution in [0.15, 0.2) is 36.4 Å². The lowest BCUT2D eigenvalue weighted by molar-refractivity contribution is -0.0693. The van der Waals surface area contributed by atoms with Crippen LogP contribution in [-0.2, 0) is 30.9 Å². The summed E-state index contributed by atoms with van der Waals surface area (Å²) in [6.45, 7) is 2.02. The predicted octanol–water partition coefficient (Wildman–Crippen LogP) is 6.09. The first-order valence-electron chi connectivity index (χ1n) is 15.5. The average molecular weight is 632 g/mol. The van der Waals surface area contributed by atoms with E-state index in [0.717, 1.165) is 87.2 Å². The van der Waals surface area contributed by atoms with E-state index in [1.54, 1.807) is 25.3 Å². The van der Waals surface area contributed by atoms with E-state index in [9.17, 15) is 18.3 Å². The molecule has 2 fully saturated rings. The Morgan fingerprint density at radius 3 is 2.72 bits per heavy atom. The zero-order valence-corrected chi connectivity index (χ0v) is 26.5. The molecule has 0 aromatic heterocycles. The van der Waals surface area contributed by atoms with Crippen LogP contribution in [0.4, 0.5) is 5.69 Å². The zero-order valence-electron chi connectivity index (χ0n) is 25.0. The van der Waals surface area contributed by atoms with Gasteiger partial charge in [0.15, 0.2) is 0 Å². The Bertz CT molecular complexity index is 1470. The van der Waals surface area contributed by atoms with Crippen molar-refractivity contribution in [2.45, 2.75) is 75.4 Å². The van der Waals surface area contributed by atoms with Gasteiger partial charge in [-0.3, -0.25) is 4.18 Å². The molecule has 1 unspecified atom stereocenters. The van der Waals surface area contributed by atoms with Crippen molar-refractivity contribution in [3.8, 4) is 5.75 Å². The summed E-state index contributed by atoms with van der Waals surface area (Å²) in [4.78, 5) is 14.4. The molecule has 2 saturated carbocycles. The van der Waals surface area contributed by atoms with E-state index in [1.807, 2.05) is 6.07 Å². The number of hydrogen-bond acceptors (Lipinski definition) is 7. The van der Waals surface area contributed by atoms with Gasteiger partial charge in [-0.25, -0.2) is 4.79 Å². The second-order valence-corrected chi connectivity index (χ2v) is 15.2. The molecule has 2 aromatic rings. The molecule has 234 valence electrons. The number of benzene rings is 2. The number of carboxylic acids is 1. The third-order valence-corrected chi connectivity index (χ3v) is 11.2. The predicted molar refractivity (Wildman–Crippen MR) is 166 cm³/mol. The normalized spacial score (nSPS) is 29.5. The van der Waals surface area contributed by atoms with Gasteiger partial charge in [0.05, 0.1) is 36.3 Å². The highest BCUT2D eigenvalue weighted by Crippen LogP contribution is 2.48. The second kappa shape index (κ2) is 12.2. The van der Waals surface area contributed by atoms with E-state index >= 15 is 0 Å². The van der Waals surface area contributed by atoms with Crippen LogP contribution >= 0.6 is 11.6 Å².